The molecule has 0 radical (unpaired) electrons. The maximum absolute atomic E-state index is 11.5. The van der Waals surface area contributed by atoms with E-state index in [0.717, 1.165) is 32.2 Å². The lowest BCUT2D eigenvalue weighted by Crippen LogP contribution is -2.38. The second-order valence-electron chi connectivity index (χ2n) is 4.04. The highest BCUT2D eigenvalue weighted by Crippen LogP contribution is 2.01. The Balaban J connectivity index is 3.80. The van der Waals surface area contributed by atoms with E-state index in [1.165, 1.54) is 0 Å². The Kier molecular flexibility index (Phi) is 9.24. The van der Waals surface area contributed by atoms with Gasteiger partial charge in [-0.15, -0.1) is 0 Å². The topological polar surface area (TPSA) is 58.6 Å². The third-order valence-corrected chi connectivity index (χ3v) is 2.34. The number of aliphatic hydroxyl groups is 1. The van der Waals surface area contributed by atoms with Gasteiger partial charge in [-0.3, -0.25) is 4.79 Å². The summed E-state index contributed by atoms with van der Waals surface area (Å²) in [5.41, 5.74) is 0. The number of esters is 1. The Bertz CT molecular complexity index is 183. The highest BCUT2D eigenvalue weighted by atomic mass is 16.5. The molecule has 0 fully saturated rings. The molecule has 0 aliphatic heterocycles. The number of hydrogen-bond donors (Lipinski definition) is 2. The van der Waals surface area contributed by atoms with E-state index in [0.29, 0.717) is 6.61 Å². The molecule has 2 N–H and O–H groups in total. The zero-order valence-corrected chi connectivity index (χ0v) is 10.7. The Hall–Kier alpha value is -0.610. The number of nitrogens with one attached hydrogen (secondary N) is 1. The summed E-state index contributed by atoms with van der Waals surface area (Å²) in [5.74, 6) is -0.165. The van der Waals surface area contributed by atoms with Crippen LogP contribution in [-0.4, -0.2) is 36.4 Å². The van der Waals surface area contributed by atoms with Crippen LogP contribution in [0.3, 0.4) is 0 Å². The maximum Gasteiger partial charge on any atom is 0.323 e. The van der Waals surface area contributed by atoms with E-state index in [9.17, 15) is 4.79 Å². The summed E-state index contributed by atoms with van der Waals surface area (Å²) in [6, 6.07) is -0.195. The summed E-state index contributed by atoms with van der Waals surface area (Å²) in [4.78, 5) is 11.5. The van der Waals surface area contributed by atoms with Crippen molar-refractivity contribution in [2.45, 2.75) is 58.6 Å². The predicted octanol–water partition coefficient (Wildman–Crippen LogP) is 1.47. The summed E-state index contributed by atoms with van der Waals surface area (Å²) in [5, 5.41) is 12.3. The quantitative estimate of drug-likeness (QED) is 0.466. The monoisotopic (exact) mass is 231 g/mol. The van der Waals surface area contributed by atoms with Crippen LogP contribution in [0.2, 0.25) is 0 Å². The Morgan fingerprint density at radius 2 is 2.06 bits per heavy atom. The first-order valence-electron chi connectivity index (χ1n) is 6.19. The molecule has 16 heavy (non-hydrogen) atoms. The second-order valence-corrected chi connectivity index (χ2v) is 4.04. The molecule has 0 aliphatic carbocycles. The highest BCUT2D eigenvalue weighted by Gasteiger charge is 2.17. The van der Waals surface area contributed by atoms with Crippen molar-refractivity contribution < 1.29 is 14.6 Å². The summed E-state index contributed by atoms with van der Waals surface area (Å²) in [6.45, 7) is 6.80. The number of carbonyl (C=O) groups excluding carboxylic acids is 1. The minimum absolute atomic E-state index is 0.165. The number of rotatable bonds is 9. The van der Waals surface area contributed by atoms with E-state index in [1.54, 1.807) is 6.92 Å². The second kappa shape index (κ2) is 9.60. The Morgan fingerprint density at radius 1 is 1.38 bits per heavy atom. The van der Waals surface area contributed by atoms with Gasteiger partial charge < -0.3 is 15.2 Å². The van der Waals surface area contributed by atoms with Crippen molar-refractivity contribution in [1.29, 1.82) is 0 Å². The highest BCUT2D eigenvalue weighted by molar-refractivity contribution is 5.75. The van der Waals surface area contributed by atoms with E-state index in [-0.39, 0.29) is 18.1 Å². The lowest BCUT2D eigenvalue weighted by molar-refractivity contribution is -0.145. The van der Waals surface area contributed by atoms with Crippen LogP contribution in [-0.2, 0) is 9.53 Å². The van der Waals surface area contributed by atoms with Crippen LogP contribution in [0.25, 0.3) is 0 Å². The number of aliphatic hydroxyl groups excluding tert-OH is 1. The van der Waals surface area contributed by atoms with Gasteiger partial charge in [0.05, 0.1) is 12.7 Å². The predicted molar refractivity (Wildman–Crippen MR) is 64.2 cm³/mol. The van der Waals surface area contributed by atoms with Gasteiger partial charge in [0.15, 0.2) is 0 Å². The van der Waals surface area contributed by atoms with Gasteiger partial charge in [-0.2, -0.15) is 0 Å². The zero-order valence-electron chi connectivity index (χ0n) is 10.7. The molecule has 0 amide bonds. The molecule has 0 saturated carbocycles. The normalized spacial score (nSPS) is 14.5. The van der Waals surface area contributed by atoms with Gasteiger partial charge in [0.25, 0.3) is 0 Å². The number of hydrogen-bond acceptors (Lipinski definition) is 4. The molecule has 2 atom stereocenters. The molecule has 0 aromatic heterocycles. The maximum atomic E-state index is 11.5. The smallest absolute Gasteiger partial charge is 0.323 e. The van der Waals surface area contributed by atoms with Crippen LogP contribution in [0, 0.1) is 0 Å². The number of carbonyl (C=O) groups is 1. The van der Waals surface area contributed by atoms with Gasteiger partial charge >= 0.3 is 5.97 Å². The first-order valence-corrected chi connectivity index (χ1v) is 6.19. The molecule has 0 rings (SSSR count). The van der Waals surface area contributed by atoms with Crippen molar-refractivity contribution in [2.24, 2.45) is 0 Å². The average Bonchev–Trinajstić information content (AvgIpc) is 2.22. The van der Waals surface area contributed by atoms with E-state index >= 15 is 0 Å². The van der Waals surface area contributed by atoms with Gasteiger partial charge in [-0.05, 0) is 39.7 Å². The molecule has 0 saturated heterocycles. The van der Waals surface area contributed by atoms with Gasteiger partial charge in [0, 0.05) is 0 Å². The molecule has 4 nitrogen and oxygen atoms in total. The number of ether oxygens (including phenoxy) is 1. The fourth-order valence-corrected chi connectivity index (χ4v) is 1.51. The van der Waals surface area contributed by atoms with E-state index in [2.05, 4.69) is 5.32 Å². The summed E-state index contributed by atoms with van der Waals surface area (Å²) < 4.78 is 4.98. The molecule has 2 unspecified atom stereocenters. The van der Waals surface area contributed by atoms with Gasteiger partial charge in [0.1, 0.15) is 6.04 Å². The molecule has 0 spiro atoms. The van der Waals surface area contributed by atoms with Crippen LogP contribution in [0.4, 0.5) is 0 Å². The third-order valence-electron chi connectivity index (χ3n) is 2.34. The van der Waals surface area contributed by atoms with E-state index < -0.39 is 0 Å². The fraction of sp³-hybridized carbons (Fsp3) is 0.917. The van der Waals surface area contributed by atoms with Crippen LogP contribution >= 0.6 is 0 Å². The van der Waals surface area contributed by atoms with Gasteiger partial charge in [-0.25, -0.2) is 0 Å². The van der Waals surface area contributed by atoms with Crippen molar-refractivity contribution in [3.05, 3.63) is 0 Å². The summed E-state index contributed by atoms with van der Waals surface area (Å²) >= 11 is 0. The lowest BCUT2D eigenvalue weighted by atomic mass is 10.1. The average molecular weight is 231 g/mol. The molecule has 96 valence electrons. The van der Waals surface area contributed by atoms with E-state index in [4.69, 9.17) is 9.84 Å². The van der Waals surface area contributed by atoms with Crippen molar-refractivity contribution in [3.63, 3.8) is 0 Å². The standard InChI is InChI=1S/C12H25NO3/c1-4-7-11(12(15)16-5-2)13-9-6-8-10(3)14/h10-11,13-14H,4-9H2,1-3H3. The first-order chi connectivity index (χ1) is 7.61. The minimum Gasteiger partial charge on any atom is -0.465 e. The van der Waals surface area contributed by atoms with Crippen molar-refractivity contribution in [2.75, 3.05) is 13.2 Å². The molecular formula is C12H25NO3. The Labute approximate surface area is 98.4 Å². The molecule has 0 bridgehead atoms. The van der Waals surface area contributed by atoms with Crippen molar-refractivity contribution in [1.82, 2.24) is 5.32 Å². The molecule has 0 aromatic rings. The van der Waals surface area contributed by atoms with Crippen LogP contribution in [0.15, 0.2) is 0 Å². The summed E-state index contributed by atoms with van der Waals surface area (Å²) in [7, 11) is 0. The summed E-state index contributed by atoms with van der Waals surface area (Å²) in [6.07, 6.45) is 3.11. The molecule has 0 heterocycles. The minimum atomic E-state index is -0.269. The molecule has 0 aromatic carbocycles. The molecule has 0 aliphatic rings. The van der Waals surface area contributed by atoms with Crippen LogP contribution < -0.4 is 5.32 Å². The SMILES string of the molecule is CCCC(NCCCC(C)O)C(=O)OCC. The lowest BCUT2D eigenvalue weighted by Gasteiger charge is -2.16. The largest absolute Gasteiger partial charge is 0.465 e. The zero-order chi connectivity index (χ0) is 12.4. The molecular weight excluding hydrogens is 206 g/mol. The van der Waals surface area contributed by atoms with Crippen LogP contribution in [0.5, 0.6) is 0 Å². The van der Waals surface area contributed by atoms with Crippen LogP contribution in [0.1, 0.15) is 46.5 Å². The van der Waals surface area contributed by atoms with E-state index in [1.807, 2.05) is 13.8 Å². The van der Waals surface area contributed by atoms with Crippen molar-refractivity contribution >= 4 is 5.97 Å². The van der Waals surface area contributed by atoms with Gasteiger partial charge in [-0.1, -0.05) is 13.3 Å². The third kappa shape index (κ3) is 7.65. The fourth-order valence-electron chi connectivity index (χ4n) is 1.51. The molecule has 4 heteroatoms. The van der Waals surface area contributed by atoms with Crippen molar-refractivity contribution in [3.8, 4) is 0 Å². The first kappa shape index (κ1) is 15.4. The van der Waals surface area contributed by atoms with Gasteiger partial charge in [0.2, 0.25) is 0 Å². The Morgan fingerprint density at radius 3 is 2.56 bits per heavy atom.